The third-order valence-electron chi connectivity index (χ3n) is 6.86. The predicted octanol–water partition coefficient (Wildman–Crippen LogP) is 6.42. The Kier molecular flexibility index (Phi) is 7.12. The van der Waals surface area contributed by atoms with Gasteiger partial charge in [-0.1, -0.05) is 17.7 Å². The highest BCUT2D eigenvalue weighted by molar-refractivity contribution is 5.76. The number of carbonyl (C=O) groups excluding carboxylic acids is 1. The summed E-state index contributed by atoms with van der Waals surface area (Å²) in [5, 5.41) is 9.62. The Morgan fingerprint density at radius 1 is 1.14 bits per heavy atom. The van der Waals surface area contributed by atoms with Crippen LogP contribution in [0.1, 0.15) is 66.5 Å². The first-order chi connectivity index (χ1) is 16.6. The molecule has 188 valence electrons. The molecule has 5 nitrogen and oxygen atoms in total. The van der Waals surface area contributed by atoms with Crippen LogP contribution in [0.25, 0.3) is 5.57 Å². The first kappa shape index (κ1) is 25.1. The van der Waals surface area contributed by atoms with Gasteiger partial charge in [-0.3, -0.25) is 4.90 Å². The lowest BCUT2D eigenvalue weighted by Gasteiger charge is -2.28. The summed E-state index contributed by atoms with van der Waals surface area (Å²) in [7, 11) is 1.60. The molecule has 2 aromatic carbocycles. The maximum absolute atomic E-state index is 13.4. The zero-order valence-electron chi connectivity index (χ0n) is 20.1. The van der Waals surface area contributed by atoms with Crippen LogP contribution in [0, 0.1) is 6.92 Å². The maximum Gasteiger partial charge on any atom is 0.416 e. The van der Waals surface area contributed by atoms with Crippen molar-refractivity contribution >= 4 is 11.7 Å². The molecule has 0 saturated carbocycles. The number of alkyl halides is 3. The second-order valence-electron chi connectivity index (χ2n) is 9.28. The van der Waals surface area contributed by atoms with Gasteiger partial charge in [0.05, 0.1) is 25.3 Å². The van der Waals surface area contributed by atoms with Gasteiger partial charge >= 0.3 is 12.3 Å². The van der Waals surface area contributed by atoms with E-state index in [-0.39, 0.29) is 6.61 Å². The Labute approximate surface area is 203 Å². The van der Waals surface area contributed by atoms with Crippen molar-refractivity contribution in [2.24, 2.45) is 0 Å². The highest BCUT2D eigenvalue weighted by Crippen LogP contribution is 2.41. The largest absolute Gasteiger partial charge is 0.496 e. The van der Waals surface area contributed by atoms with Gasteiger partial charge in [-0.2, -0.15) is 13.2 Å². The van der Waals surface area contributed by atoms with Crippen LogP contribution in [0.5, 0.6) is 5.75 Å². The van der Waals surface area contributed by atoms with Crippen molar-refractivity contribution in [3.05, 3.63) is 69.8 Å². The molecule has 2 aromatic rings. The number of allylic oxidation sites excluding steroid dienone is 1. The fraction of sp³-hybridized carbons (Fsp3) is 0.444. The van der Waals surface area contributed by atoms with Crippen molar-refractivity contribution < 1.29 is 32.5 Å². The van der Waals surface area contributed by atoms with Gasteiger partial charge in [0.1, 0.15) is 11.9 Å². The van der Waals surface area contributed by atoms with Gasteiger partial charge in [0.25, 0.3) is 0 Å². The smallest absolute Gasteiger partial charge is 0.416 e. The normalized spacial score (nSPS) is 20.9. The molecule has 1 N–H and O–H groups in total. The maximum atomic E-state index is 13.4. The minimum atomic E-state index is -4.48. The molecule has 1 aliphatic heterocycles. The third-order valence-corrected chi connectivity index (χ3v) is 6.86. The lowest BCUT2D eigenvalue weighted by Crippen LogP contribution is -2.34. The van der Waals surface area contributed by atoms with E-state index < -0.39 is 30.0 Å². The van der Waals surface area contributed by atoms with E-state index in [0.29, 0.717) is 23.4 Å². The monoisotopic (exact) mass is 489 g/mol. The summed E-state index contributed by atoms with van der Waals surface area (Å²) >= 11 is 0. The number of benzene rings is 2. The molecule has 8 heteroatoms. The van der Waals surface area contributed by atoms with Crippen LogP contribution in [0.2, 0.25) is 0 Å². The summed E-state index contributed by atoms with van der Waals surface area (Å²) in [6.45, 7) is 3.65. The number of nitrogens with zero attached hydrogens (tertiary/aromatic N) is 1. The van der Waals surface area contributed by atoms with E-state index in [0.717, 1.165) is 60.1 Å². The molecule has 0 radical (unpaired) electrons. The van der Waals surface area contributed by atoms with Crippen molar-refractivity contribution in [3.8, 4) is 5.75 Å². The van der Waals surface area contributed by atoms with Gasteiger partial charge in [0.2, 0.25) is 0 Å². The van der Waals surface area contributed by atoms with Crippen molar-refractivity contribution in [3.63, 3.8) is 0 Å². The molecule has 1 aliphatic carbocycles. The van der Waals surface area contributed by atoms with Crippen LogP contribution in [0.15, 0.2) is 42.0 Å². The molecule has 1 saturated heterocycles. The van der Waals surface area contributed by atoms with Gasteiger partial charge in [0.15, 0.2) is 0 Å². The van der Waals surface area contributed by atoms with Crippen LogP contribution in [0.4, 0.5) is 18.0 Å². The quantitative estimate of drug-likeness (QED) is 0.508. The van der Waals surface area contributed by atoms with Crippen LogP contribution in [0.3, 0.4) is 0 Å². The van der Waals surface area contributed by atoms with Crippen LogP contribution < -0.4 is 4.74 Å². The second-order valence-corrected chi connectivity index (χ2v) is 9.28. The number of amides is 1. The number of cyclic esters (lactones) is 1. The van der Waals surface area contributed by atoms with E-state index in [9.17, 15) is 23.1 Å². The van der Waals surface area contributed by atoms with Crippen molar-refractivity contribution in [2.75, 3.05) is 13.7 Å². The number of aliphatic hydroxyl groups excluding tert-OH is 1. The highest BCUT2D eigenvalue weighted by Gasteiger charge is 2.41. The van der Waals surface area contributed by atoms with E-state index in [1.165, 1.54) is 0 Å². The minimum absolute atomic E-state index is 0.0901. The summed E-state index contributed by atoms with van der Waals surface area (Å²) in [6.07, 6.45) is -2.21. The van der Waals surface area contributed by atoms with Gasteiger partial charge in [-0.15, -0.1) is 0 Å². The van der Waals surface area contributed by atoms with Crippen molar-refractivity contribution in [1.29, 1.82) is 0 Å². The predicted molar refractivity (Wildman–Crippen MR) is 126 cm³/mol. The van der Waals surface area contributed by atoms with Crippen molar-refractivity contribution in [1.82, 2.24) is 4.90 Å². The number of carbonyl (C=O) groups is 1. The molecule has 0 spiro atoms. The first-order valence-corrected chi connectivity index (χ1v) is 11.8. The first-order valence-electron chi connectivity index (χ1n) is 11.8. The molecule has 1 amide bonds. The van der Waals surface area contributed by atoms with E-state index in [1.54, 1.807) is 31.9 Å². The summed E-state index contributed by atoms with van der Waals surface area (Å²) in [4.78, 5) is 14.5. The van der Waals surface area contributed by atoms with Gasteiger partial charge in [-0.25, -0.2) is 4.79 Å². The lowest BCUT2D eigenvalue weighted by atomic mass is 9.86. The number of halogens is 3. The van der Waals surface area contributed by atoms with E-state index >= 15 is 0 Å². The number of ether oxygens (including phenoxy) is 2. The van der Waals surface area contributed by atoms with E-state index in [1.807, 2.05) is 18.2 Å². The summed E-state index contributed by atoms with van der Waals surface area (Å²) < 4.78 is 51.3. The van der Waals surface area contributed by atoms with Crippen LogP contribution in [-0.2, 0) is 17.5 Å². The molecule has 35 heavy (non-hydrogen) atoms. The topological polar surface area (TPSA) is 59.0 Å². The van der Waals surface area contributed by atoms with Gasteiger partial charge in [0, 0.05) is 12.1 Å². The van der Waals surface area contributed by atoms with Crippen molar-refractivity contribution in [2.45, 2.75) is 64.5 Å². The molecule has 0 aromatic heterocycles. The SMILES string of the molecule is COc1ccc(CO)cc1C1=C(CN2C(=O)O[C@H](c3cc(C)cc(C(F)(F)F)c3)[C@@H]2C)CCCC1. The molecule has 4 rings (SSSR count). The molecule has 0 bridgehead atoms. The fourth-order valence-electron chi connectivity index (χ4n) is 5.06. The second kappa shape index (κ2) is 9.93. The molecular weight excluding hydrogens is 459 g/mol. The van der Waals surface area contributed by atoms with Crippen LogP contribution in [-0.4, -0.2) is 35.8 Å². The number of hydrogen-bond donors (Lipinski definition) is 1. The highest BCUT2D eigenvalue weighted by atomic mass is 19.4. The zero-order valence-corrected chi connectivity index (χ0v) is 20.1. The Morgan fingerprint density at radius 3 is 2.57 bits per heavy atom. The van der Waals surface area contributed by atoms with E-state index in [2.05, 4.69) is 0 Å². The van der Waals surface area contributed by atoms with E-state index in [4.69, 9.17) is 9.47 Å². The van der Waals surface area contributed by atoms with Gasteiger partial charge in [-0.05, 0) is 86.1 Å². The fourth-order valence-corrected chi connectivity index (χ4v) is 5.06. The Hall–Kier alpha value is -3.00. The Morgan fingerprint density at radius 2 is 1.89 bits per heavy atom. The Balaban J connectivity index is 1.66. The average Bonchev–Trinajstić information content (AvgIpc) is 3.11. The summed E-state index contributed by atoms with van der Waals surface area (Å²) in [6, 6.07) is 8.93. The number of aryl methyl sites for hydroxylation is 1. The van der Waals surface area contributed by atoms with Crippen LogP contribution >= 0.6 is 0 Å². The standard InChI is InChI=1S/C27H30F3NO4/c1-16-10-20(13-21(11-16)27(28,29)30)25-17(2)31(26(33)35-25)14-19-6-4-5-7-22(19)23-12-18(15-32)8-9-24(23)34-3/h8-13,17,25,32H,4-7,14-15H2,1-3H3/t17-,25-/m0/s1. The number of hydrogen-bond acceptors (Lipinski definition) is 4. The third kappa shape index (κ3) is 5.17. The molecule has 1 heterocycles. The molecule has 2 aliphatic rings. The summed E-state index contributed by atoms with van der Waals surface area (Å²) in [5.74, 6) is 0.700. The zero-order chi connectivity index (χ0) is 25.3. The van der Waals surface area contributed by atoms with Gasteiger partial charge < -0.3 is 14.6 Å². The number of methoxy groups -OCH3 is 1. The molecular formula is C27H30F3NO4. The minimum Gasteiger partial charge on any atom is -0.496 e. The number of rotatable bonds is 6. The Bertz CT molecular complexity index is 1140. The summed E-state index contributed by atoms with van der Waals surface area (Å²) in [5.41, 5.74) is 3.89. The molecule has 0 unspecified atom stereocenters. The number of aliphatic hydroxyl groups is 1. The molecule has 1 fully saturated rings. The average molecular weight is 490 g/mol. The lowest BCUT2D eigenvalue weighted by molar-refractivity contribution is -0.137. The molecule has 2 atom stereocenters.